The van der Waals surface area contributed by atoms with Crippen LogP contribution in [0.1, 0.15) is 0 Å². The molecule has 0 aliphatic heterocycles. The summed E-state index contributed by atoms with van der Waals surface area (Å²) in [6, 6.07) is 2.62. The number of halogens is 2. The van der Waals surface area contributed by atoms with Crippen LogP contribution in [-0.4, -0.2) is 9.55 Å². The van der Waals surface area contributed by atoms with Gasteiger partial charge in [0.15, 0.2) is 0 Å². The molecule has 68 valence electrons. The molecule has 0 radical (unpaired) electrons. The molecule has 13 heavy (non-hydrogen) atoms. The predicted octanol–water partition coefficient (Wildman–Crippen LogP) is 1.77. The van der Waals surface area contributed by atoms with E-state index in [-0.39, 0.29) is 11.5 Å². The molecule has 0 saturated heterocycles. The van der Waals surface area contributed by atoms with Crippen LogP contribution in [0.25, 0.3) is 11.0 Å². The van der Waals surface area contributed by atoms with E-state index in [0.29, 0.717) is 15.5 Å². The number of aromatic amines is 1. The van der Waals surface area contributed by atoms with Crippen molar-refractivity contribution in [3.8, 4) is 0 Å². The summed E-state index contributed by atoms with van der Waals surface area (Å²) >= 11 is 3.19. The van der Waals surface area contributed by atoms with E-state index in [4.69, 9.17) is 0 Å². The van der Waals surface area contributed by atoms with Gasteiger partial charge in [0.2, 0.25) is 0 Å². The van der Waals surface area contributed by atoms with Crippen molar-refractivity contribution in [2.24, 2.45) is 7.05 Å². The third-order valence-corrected chi connectivity index (χ3v) is 2.51. The molecule has 5 heteroatoms. The average molecular weight is 245 g/mol. The van der Waals surface area contributed by atoms with E-state index in [0.717, 1.165) is 0 Å². The SMILES string of the molecule is Cn1c(=O)[nH]c2cc(F)cc(Br)c21. The number of fused-ring (bicyclic) bond motifs is 1. The first-order chi connectivity index (χ1) is 6.09. The predicted molar refractivity (Wildman–Crippen MR) is 51.2 cm³/mol. The molecule has 0 atom stereocenters. The molecule has 1 heterocycles. The van der Waals surface area contributed by atoms with Crippen LogP contribution in [-0.2, 0) is 7.05 Å². The number of hydrogen-bond donors (Lipinski definition) is 1. The van der Waals surface area contributed by atoms with Crippen LogP contribution >= 0.6 is 15.9 Å². The summed E-state index contributed by atoms with van der Waals surface area (Å²) in [5.74, 6) is -0.374. The van der Waals surface area contributed by atoms with Crippen molar-refractivity contribution in [2.45, 2.75) is 0 Å². The van der Waals surface area contributed by atoms with Crippen LogP contribution < -0.4 is 5.69 Å². The third-order valence-electron chi connectivity index (χ3n) is 1.91. The van der Waals surface area contributed by atoms with Gasteiger partial charge in [0.1, 0.15) is 5.82 Å². The lowest BCUT2D eigenvalue weighted by molar-refractivity contribution is 0.628. The summed E-state index contributed by atoms with van der Waals surface area (Å²) in [7, 11) is 1.63. The molecule has 0 fully saturated rings. The monoisotopic (exact) mass is 244 g/mol. The van der Waals surface area contributed by atoms with E-state index in [1.54, 1.807) is 7.05 Å². The van der Waals surface area contributed by atoms with Crippen molar-refractivity contribution in [3.63, 3.8) is 0 Å². The number of hydrogen-bond acceptors (Lipinski definition) is 1. The molecule has 0 aliphatic carbocycles. The van der Waals surface area contributed by atoms with Gasteiger partial charge < -0.3 is 4.98 Å². The smallest absolute Gasteiger partial charge is 0.305 e. The van der Waals surface area contributed by atoms with Crippen molar-refractivity contribution in [2.75, 3.05) is 0 Å². The van der Waals surface area contributed by atoms with Gasteiger partial charge in [-0.3, -0.25) is 4.57 Å². The van der Waals surface area contributed by atoms with Crippen LogP contribution in [0.5, 0.6) is 0 Å². The molecule has 0 amide bonds. The third kappa shape index (κ3) is 1.19. The number of nitrogens with one attached hydrogen (secondary N) is 1. The van der Waals surface area contributed by atoms with E-state index in [2.05, 4.69) is 20.9 Å². The molecule has 0 unspecified atom stereocenters. The summed E-state index contributed by atoms with van der Waals surface area (Å²) in [5.41, 5.74) is 0.923. The van der Waals surface area contributed by atoms with Crippen molar-refractivity contribution >= 4 is 27.0 Å². The fourth-order valence-electron chi connectivity index (χ4n) is 1.30. The zero-order chi connectivity index (χ0) is 9.59. The van der Waals surface area contributed by atoms with E-state index in [9.17, 15) is 9.18 Å². The number of imidazole rings is 1. The maximum atomic E-state index is 12.9. The summed E-state index contributed by atoms with van der Waals surface area (Å²) in [5, 5.41) is 0. The van der Waals surface area contributed by atoms with Crippen LogP contribution in [0.4, 0.5) is 4.39 Å². The highest BCUT2D eigenvalue weighted by atomic mass is 79.9. The maximum Gasteiger partial charge on any atom is 0.326 e. The van der Waals surface area contributed by atoms with E-state index >= 15 is 0 Å². The van der Waals surface area contributed by atoms with Gasteiger partial charge in [0.05, 0.1) is 11.0 Å². The van der Waals surface area contributed by atoms with Gasteiger partial charge in [-0.05, 0) is 28.1 Å². The van der Waals surface area contributed by atoms with Gasteiger partial charge in [0, 0.05) is 11.5 Å². The molecule has 0 bridgehead atoms. The second kappa shape index (κ2) is 2.70. The second-order valence-corrected chi connectivity index (χ2v) is 3.63. The molecule has 3 nitrogen and oxygen atoms in total. The van der Waals surface area contributed by atoms with Crippen LogP contribution in [0.3, 0.4) is 0 Å². The highest BCUT2D eigenvalue weighted by molar-refractivity contribution is 9.10. The zero-order valence-corrected chi connectivity index (χ0v) is 8.35. The van der Waals surface area contributed by atoms with Gasteiger partial charge in [0.25, 0.3) is 0 Å². The van der Waals surface area contributed by atoms with Crippen molar-refractivity contribution in [1.82, 2.24) is 9.55 Å². The van der Waals surface area contributed by atoms with E-state index in [1.807, 2.05) is 0 Å². The molecule has 0 aliphatic rings. The summed E-state index contributed by atoms with van der Waals surface area (Å²) in [4.78, 5) is 13.7. The van der Waals surface area contributed by atoms with Gasteiger partial charge in [-0.1, -0.05) is 0 Å². The minimum Gasteiger partial charge on any atom is -0.305 e. The summed E-state index contributed by atoms with van der Waals surface area (Å²) in [6.07, 6.45) is 0. The van der Waals surface area contributed by atoms with Crippen molar-refractivity contribution in [3.05, 3.63) is 32.9 Å². The van der Waals surface area contributed by atoms with Gasteiger partial charge >= 0.3 is 5.69 Å². The highest BCUT2D eigenvalue weighted by Gasteiger charge is 2.08. The number of aryl methyl sites for hydroxylation is 1. The molecule has 2 rings (SSSR count). The minimum absolute atomic E-state index is 0.249. The molecule has 1 N–H and O–H groups in total. The molecule has 0 saturated carbocycles. The molecular weight excluding hydrogens is 239 g/mol. The first-order valence-electron chi connectivity index (χ1n) is 3.63. The maximum absolute atomic E-state index is 12.9. The first-order valence-corrected chi connectivity index (χ1v) is 4.42. The van der Waals surface area contributed by atoms with Crippen molar-refractivity contribution < 1.29 is 4.39 Å². The van der Waals surface area contributed by atoms with Crippen LogP contribution in [0, 0.1) is 5.82 Å². The molecule has 0 spiro atoms. The Labute approximate surface area is 81.3 Å². The normalized spacial score (nSPS) is 11.0. The van der Waals surface area contributed by atoms with Crippen LogP contribution in [0.2, 0.25) is 0 Å². The van der Waals surface area contributed by atoms with Gasteiger partial charge in [-0.2, -0.15) is 0 Å². The topological polar surface area (TPSA) is 37.8 Å². The van der Waals surface area contributed by atoms with E-state index in [1.165, 1.54) is 16.7 Å². The Morgan fingerprint density at radius 2 is 2.23 bits per heavy atom. The largest absolute Gasteiger partial charge is 0.326 e. The number of rotatable bonds is 0. The highest BCUT2D eigenvalue weighted by Crippen LogP contribution is 2.22. The first kappa shape index (κ1) is 8.50. The Morgan fingerprint density at radius 1 is 1.54 bits per heavy atom. The second-order valence-electron chi connectivity index (χ2n) is 2.77. The average Bonchev–Trinajstić information content (AvgIpc) is 2.27. The molecule has 2 aromatic rings. The lowest BCUT2D eigenvalue weighted by Crippen LogP contribution is -2.11. The van der Waals surface area contributed by atoms with Crippen LogP contribution in [0.15, 0.2) is 21.4 Å². The number of benzene rings is 1. The summed E-state index contributed by atoms with van der Waals surface area (Å²) < 4.78 is 14.9. The molecule has 1 aromatic heterocycles. The zero-order valence-electron chi connectivity index (χ0n) is 6.77. The van der Waals surface area contributed by atoms with E-state index < -0.39 is 0 Å². The fraction of sp³-hybridized carbons (Fsp3) is 0.125. The standard InChI is InChI=1S/C8H6BrFN2O/c1-12-7-5(9)2-4(10)3-6(7)11-8(12)13/h2-3H,1H3,(H,11,13). The quantitative estimate of drug-likeness (QED) is 0.754. The Hall–Kier alpha value is -1.10. The Morgan fingerprint density at radius 3 is 2.92 bits per heavy atom. The fourth-order valence-corrected chi connectivity index (χ4v) is 2.00. The van der Waals surface area contributed by atoms with Gasteiger partial charge in [-0.25, -0.2) is 9.18 Å². The van der Waals surface area contributed by atoms with Crippen molar-refractivity contribution in [1.29, 1.82) is 0 Å². The number of nitrogens with zero attached hydrogens (tertiary/aromatic N) is 1. The Kier molecular flexibility index (Phi) is 1.76. The lowest BCUT2D eigenvalue weighted by Gasteiger charge is -1.96. The molecule has 1 aromatic carbocycles. The molecular formula is C8H6BrFN2O. The lowest BCUT2D eigenvalue weighted by atomic mass is 10.3. The Balaban J connectivity index is 3.03. The van der Waals surface area contributed by atoms with Gasteiger partial charge in [-0.15, -0.1) is 0 Å². The minimum atomic E-state index is -0.374. The number of aromatic nitrogens is 2. The number of H-pyrrole nitrogens is 1. The Bertz CT molecular complexity index is 529. The summed E-state index contributed by atoms with van der Waals surface area (Å²) in [6.45, 7) is 0.